The van der Waals surface area contributed by atoms with E-state index >= 15 is 0 Å². The molecule has 2 aromatic heterocycles. The third kappa shape index (κ3) is 5.14. The third-order valence-electron chi connectivity index (χ3n) is 7.65. The predicted molar refractivity (Wildman–Crippen MR) is 147 cm³/mol. The Balaban J connectivity index is 1.17. The molecule has 4 aromatic rings. The van der Waals surface area contributed by atoms with Gasteiger partial charge in [0.15, 0.2) is 12.6 Å². The first-order valence-corrected chi connectivity index (χ1v) is 13.4. The van der Waals surface area contributed by atoms with Crippen molar-refractivity contribution >= 4 is 22.8 Å². The summed E-state index contributed by atoms with van der Waals surface area (Å²) in [5, 5.41) is 14.1. The highest BCUT2D eigenvalue weighted by molar-refractivity contribution is 5.90. The molecule has 10 heteroatoms. The molecular weight excluding hydrogens is 514 g/mol. The maximum Gasteiger partial charge on any atom is 0.340 e. The largest absolute Gasteiger partial charge is 0.496 e. The molecule has 1 saturated carbocycles. The van der Waals surface area contributed by atoms with E-state index in [1.807, 2.05) is 36.5 Å². The average molecular weight is 546 g/mol. The van der Waals surface area contributed by atoms with Crippen molar-refractivity contribution in [3.8, 4) is 23.0 Å². The second-order valence-electron chi connectivity index (χ2n) is 10.1. The molecule has 0 bridgehead atoms. The molecule has 40 heavy (non-hydrogen) atoms. The number of furan rings is 1. The quantitative estimate of drug-likeness (QED) is 0.239. The van der Waals surface area contributed by atoms with Crippen molar-refractivity contribution in [2.75, 3.05) is 27.6 Å². The van der Waals surface area contributed by atoms with Crippen molar-refractivity contribution in [2.24, 2.45) is 11.0 Å². The molecule has 2 atom stereocenters. The third-order valence-corrected chi connectivity index (χ3v) is 7.65. The molecule has 208 valence electrons. The average Bonchev–Trinajstić information content (AvgIpc) is 3.69. The highest BCUT2D eigenvalue weighted by Gasteiger charge is 2.25. The molecule has 2 aliphatic rings. The number of ether oxygens (including phenoxy) is 4. The monoisotopic (exact) mass is 545 g/mol. The maximum absolute atomic E-state index is 11.9. The van der Waals surface area contributed by atoms with Crippen molar-refractivity contribution in [1.29, 1.82) is 0 Å². The Bertz CT molecular complexity index is 1550. The van der Waals surface area contributed by atoms with Crippen LogP contribution in [-0.4, -0.2) is 54.3 Å². The number of methoxy groups -OCH3 is 2. The summed E-state index contributed by atoms with van der Waals surface area (Å²) < 4.78 is 29.7. The van der Waals surface area contributed by atoms with Gasteiger partial charge in [0.1, 0.15) is 28.6 Å². The normalized spacial score (nSPS) is 18.3. The van der Waals surface area contributed by atoms with E-state index in [1.54, 1.807) is 31.0 Å². The van der Waals surface area contributed by atoms with E-state index < -0.39 is 12.8 Å². The van der Waals surface area contributed by atoms with E-state index in [2.05, 4.69) is 14.8 Å². The van der Waals surface area contributed by atoms with Crippen molar-refractivity contribution < 1.29 is 33.3 Å². The van der Waals surface area contributed by atoms with Crippen LogP contribution in [0, 0.1) is 5.92 Å². The lowest BCUT2D eigenvalue weighted by molar-refractivity contribution is 0.00683. The number of hydrogen-bond donors (Lipinski definition) is 1. The number of carbonyl (C=O) groups is 1. The van der Waals surface area contributed by atoms with Gasteiger partial charge in [-0.05, 0) is 54.9 Å². The molecule has 0 saturated heterocycles. The molecule has 6 rings (SSSR count). The molecule has 0 amide bonds. The fourth-order valence-corrected chi connectivity index (χ4v) is 5.57. The van der Waals surface area contributed by atoms with Gasteiger partial charge in [-0.3, -0.25) is 0 Å². The van der Waals surface area contributed by atoms with Gasteiger partial charge in [-0.15, -0.1) is 5.10 Å². The summed E-state index contributed by atoms with van der Waals surface area (Å²) in [6, 6.07) is 13.2. The summed E-state index contributed by atoms with van der Waals surface area (Å²) in [7, 11) is 3.23. The van der Waals surface area contributed by atoms with Gasteiger partial charge in [-0.25, -0.2) is 14.5 Å². The predicted octanol–water partition coefficient (Wildman–Crippen LogP) is 5.13. The Labute approximate surface area is 231 Å². The first-order valence-electron chi connectivity index (χ1n) is 13.4. The fraction of sp³-hybridized carbons (Fsp3) is 0.367. The molecule has 0 spiro atoms. The van der Waals surface area contributed by atoms with Gasteiger partial charge < -0.3 is 28.5 Å². The van der Waals surface area contributed by atoms with Crippen molar-refractivity contribution in [2.45, 2.75) is 38.0 Å². The van der Waals surface area contributed by atoms with Gasteiger partial charge in [-0.2, -0.15) is 0 Å². The van der Waals surface area contributed by atoms with Crippen molar-refractivity contribution in [3.05, 3.63) is 65.6 Å². The zero-order chi connectivity index (χ0) is 27.6. The second kappa shape index (κ2) is 11.1. The highest BCUT2D eigenvalue weighted by Crippen LogP contribution is 2.40. The van der Waals surface area contributed by atoms with Gasteiger partial charge in [0, 0.05) is 12.1 Å². The van der Waals surface area contributed by atoms with Crippen LogP contribution in [0.5, 0.6) is 11.5 Å². The highest BCUT2D eigenvalue weighted by atomic mass is 16.6. The Morgan fingerprint density at radius 3 is 2.73 bits per heavy atom. The maximum atomic E-state index is 11.9. The van der Waals surface area contributed by atoms with Crippen molar-refractivity contribution in [3.63, 3.8) is 0 Å². The summed E-state index contributed by atoms with van der Waals surface area (Å²) in [6.07, 6.45) is 6.66. The number of aliphatic hydroxyl groups excluding tert-OH is 1. The van der Waals surface area contributed by atoms with Crippen LogP contribution < -0.4 is 9.47 Å². The number of aromatic nitrogens is 2. The van der Waals surface area contributed by atoms with Crippen LogP contribution in [0.3, 0.4) is 0 Å². The number of fused-ring (bicyclic) bond motifs is 2. The van der Waals surface area contributed by atoms with E-state index in [1.165, 1.54) is 5.56 Å². The number of aliphatic hydroxyl groups is 1. The zero-order valence-corrected chi connectivity index (χ0v) is 22.5. The van der Waals surface area contributed by atoms with Crippen LogP contribution in [0.15, 0.2) is 58.2 Å². The molecule has 3 heterocycles. The van der Waals surface area contributed by atoms with Gasteiger partial charge in [0.25, 0.3) is 0 Å². The molecule has 1 aliphatic heterocycles. The SMILES string of the molecule is COC1=Nn2cc(-c3cc4c(OC[C@H]5CCCC(c6ccc(C(=O)OCO)cc6)C5)cc(OC)cc4o3)nc2C1. The molecule has 1 aliphatic carbocycles. The summed E-state index contributed by atoms with van der Waals surface area (Å²) >= 11 is 0. The number of rotatable bonds is 8. The lowest BCUT2D eigenvalue weighted by Gasteiger charge is -2.29. The number of carbonyl (C=O) groups excluding carboxylic acids is 1. The zero-order valence-electron chi connectivity index (χ0n) is 22.5. The minimum Gasteiger partial charge on any atom is -0.496 e. The first-order chi connectivity index (χ1) is 19.5. The van der Waals surface area contributed by atoms with E-state index in [0.29, 0.717) is 64.9 Å². The summed E-state index contributed by atoms with van der Waals surface area (Å²) in [6.45, 7) is -0.0475. The van der Waals surface area contributed by atoms with Crippen LogP contribution in [0.4, 0.5) is 0 Å². The lowest BCUT2D eigenvalue weighted by Crippen LogP contribution is -2.20. The fourth-order valence-electron chi connectivity index (χ4n) is 5.57. The number of imidazole rings is 1. The standard InChI is InChI=1S/C30H31N3O7/c1-36-22-11-25(23-13-27(40-26(23)12-22)24-15-33-28(31-24)14-29(32-33)37-2)38-16-18-4-3-5-21(10-18)19-6-8-20(9-7-19)30(35)39-17-34/h6-9,11-13,15,18,21,34H,3-5,10,14,16-17H2,1-2H3/t18-,21?/m0/s1. The smallest absolute Gasteiger partial charge is 0.340 e. The Morgan fingerprint density at radius 1 is 1.12 bits per heavy atom. The summed E-state index contributed by atoms with van der Waals surface area (Å²) in [4.78, 5) is 16.5. The molecule has 10 nitrogen and oxygen atoms in total. The van der Waals surface area contributed by atoms with E-state index in [0.717, 1.165) is 36.9 Å². The Kier molecular flexibility index (Phi) is 7.17. The first kappa shape index (κ1) is 25.9. The molecule has 1 unspecified atom stereocenters. The van der Waals surface area contributed by atoms with Crippen LogP contribution in [-0.2, 0) is 15.9 Å². The van der Waals surface area contributed by atoms with Crippen LogP contribution in [0.1, 0.15) is 53.3 Å². The molecule has 1 N–H and O–H groups in total. The van der Waals surface area contributed by atoms with E-state index in [9.17, 15) is 4.79 Å². The molecule has 2 aromatic carbocycles. The topological polar surface area (TPSA) is 118 Å². The van der Waals surface area contributed by atoms with Crippen LogP contribution >= 0.6 is 0 Å². The van der Waals surface area contributed by atoms with Gasteiger partial charge in [0.05, 0.1) is 44.4 Å². The lowest BCUT2D eigenvalue weighted by atomic mass is 9.78. The minimum absolute atomic E-state index is 0.384. The molecular formula is C30H31N3O7. The Morgan fingerprint density at radius 2 is 1.98 bits per heavy atom. The van der Waals surface area contributed by atoms with Crippen LogP contribution in [0.2, 0.25) is 0 Å². The van der Waals surface area contributed by atoms with Crippen LogP contribution in [0.25, 0.3) is 22.4 Å². The Hall–Kier alpha value is -4.31. The van der Waals surface area contributed by atoms with Gasteiger partial charge in [-0.1, -0.05) is 18.6 Å². The van der Waals surface area contributed by atoms with Crippen molar-refractivity contribution in [1.82, 2.24) is 9.66 Å². The summed E-state index contributed by atoms with van der Waals surface area (Å²) in [5.74, 6) is 3.68. The van der Waals surface area contributed by atoms with E-state index in [4.69, 9.17) is 23.7 Å². The minimum atomic E-state index is -0.624. The molecule has 1 fully saturated rings. The van der Waals surface area contributed by atoms with E-state index in [-0.39, 0.29) is 0 Å². The second-order valence-corrected chi connectivity index (χ2v) is 10.1. The number of hydrogen-bond acceptors (Lipinski definition) is 9. The molecule has 0 radical (unpaired) electrons. The number of benzene rings is 2. The van der Waals surface area contributed by atoms with Gasteiger partial charge in [0.2, 0.25) is 5.90 Å². The summed E-state index contributed by atoms with van der Waals surface area (Å²) in [5.41, 5.74) is 2.99. The number of nitrogens with zero attached hydrogens (tertiary/aromatic N) is 3. The van der Waals surface area contributed by atoms with Gasteiger partial charge >= 0.3 is 5.97 Å². The number of esters is 1.